The monoisotopic (exact) mass is 236 g/mol. The lowest BCUT2D eigenvalue weighted by molar-refractivity contribution is 0.703. The molecule has 0 fully saturated rings. The quantitative estimate of drug-likeness (QED) is 0.635. The van der Waals surface area contributed by atoms with Gasteiger partial charge in [0.15, 0.2) is 17.3 Å². The van der Waals surface area contributed by atoms with Crippen LogP contribution in [0.4, 0.5) is 5.82 Å². The number of rotatable bonds is 1. The molecule has 0 radical (unpaired) electrons. The molecule has 0 atom stereocenters. The topological polar surface area (TPSA) is 99.8 Å². The smallest absolute Gasteiger partial charge is 0.200 e. The van der Waals surface area contributed by atoms with Gasteiger partial charge in [-0.25, -0.2) is 4.68 Å². The average Bonchev–Trinajstić information content (AvgIpc) is 2.85. The zero-order valence-electron chi connectivity index (χ0n) is 7.82. The molecule has 9 heteroatoms. The van der Waals surface area contributed by atoms with E-state index in [2.05, 4.69) is 25.7 Å². The molecule has 3 aromatic heterocycles. The highest BCUT2D eigenvalue weighted by Crippen LogP contribution is 2.17. The summed E-state index contributed by atoms with van der Waals surface area (Å²) < 4.78 is 2.75. The molecular formula is C7H5ClN8. The third kappa shape index (κ3) is 1.27. The van der Waals surface area contributed by atoms with Crippen LogP contribution in [0.5, 0.6) is 0 Å². The van der Waals surface area contributed by atoms with Gasteiger partial charge in [0.05, 0.1) is 6.20 Å². The van der Waals surface area contributed by atoms with Gasteiger partial charge in [0.25, 0.3) is 0 Å². The van der Waals surface area contributed by atoms with Crippen LogP contribution in [-0.2, 0) is 0 Å². The summed E-state index contributed by atoms with van der Waals surface area (Å²) in [5.74, 6) is 0.777. The normalized spacial score (nSPS) is 11.1. The number of nitrogens with zero attached hydrogens (tertiary/aromatic N) is 7. The summed E-state index contributed by atoms with van der Waals surface area (Å²) in [6.07, 6.45) is 1.56. The lowest BCUT2D eigenvalue weighted by Crippen LogP contribution is -2.04. The van der Waals surface area contributed by atoms with Gasteiger partial charge in [-0.1, -0.05) is 11.6 Å². The van der Waals surface area contributed by atoms with Crippen molar-refractivity contribution in [3.8, 4) is 5.82 Å². The van der Waals surface area contributed by atoms with Crippen molar-refractivity contribution in [2.75, 3.05) is 5.73 Å². The first-order valence-electron chi connectivity index (χ1n) is 4.30. The molecule has 3 aromatic rings. The predicted molar refractivity (Wildman–Crippen MR) is 55.1 cm³/mol. The van der Waals surface area contributed by atoms with Gasteiger partial charge in [-0.3, -0.25) is 0 Å². The Kier molecular flexibility index (Phi) is 1.77. The average molecular weight is 237 g/mol. The van der Waals surface area contributed by atoms with Gasteiger partial charge in [-0.15, -0.1) is 19.9 Å². The Hall–Kier alpha value is -2.22. The van der Waals surface area contributed by atoms with Crippen molar-refractivity contribution in [2.24, 2.45) is 0 Å². The summed E-state index contributed by atoms with van der Waals surface area (Å²) in [6, 6.07) is 3.43. The van der Waals surface area contributed by atoms with Crippen molar-refractivity contribution in [1.82, 2.24) is 35.0 Å². The largest absolute Gasteiger partial charge is 0.381 e. The molecule has 0 saturated carbocycles. The minimum Gasteiger partial charge on any atom is -0.381 e. The minimum atomic E-state index is 0.250. The molecule has 0 aromatic carbocycles. The van der Waals surface area contributed by atoms with Crippen LogP contribution in [0.3, 0.4) is 0 Å². The SMILES string of the molecule is Nc1nn(-c2ccc3nnnn3n2)cc1Cl. The highest BCUT2D eigenvalue weighted by atomic mass is 35.5. The predicted octanol–water partition coefficient (Wildman–Crippen LogP) is -0.0594. The van der Waals surface area contributed by atoms with Crippen LogP contribution in [0.25, 0.3) is 11.5 Å². The number of fused-ring (bicyclic) bond motifs is 1. The van der Waals surface area contributed by atoms with Crippen molar-refractivity contribution in [1.29, 1.82) is 0 Å². The highest BCUT2D eigenvalue weighted by Gasteiger charge is 2.07. The van der Waals surface area contributed by atoms with E-state index in [1.54, 1.807) is 18.3 Å². The third-order valence-electron chi connectivity index (χ3n) is 1.99. The van der Waals surface area contributed by atoms with E-state index < -0.39 is 0 Å². The molecule has 0 aliphatic carbocycles. The Balaban J connectivity index is 2.17. The van der Waals surface area contributed by atoms with Crippen molar-refractivity contribution in [2.45, 2.75) is 0 Å². The summed E-state index contributed by atoms with van der Waals surface area (Å²) in [7, 11) is 0. The van der Waals surface area contributed by atoms with E-state index >= 15 is 0 Å². The summed E-state index contributed by atoms with van der Waals surface area (Å²) in [5.41, 5.74) is 6.08. The van der Waals surface area contributed by atoms with E-state index in [1.807, 2.05) is 0 Å². The van der Waals surface area contributed by atoms with Crippen LogP contribution in [0.15, 0.2) is 18.3 Å². The van der Waals surface area contributed by atoms with E-state index in [-0.39, 0.29) is 5.82 Å². The second kappa shape index (κ2) is 3.14. The van der Waals surface area contributed by atoms with Gasteiger partial charge in [0.1, 0.15) is 5.02 Å². The van der Waals surface area contributed by atoms with E-state index in [1.165, 1.54) is 9.31 Å². The van der Waals surface area contributed by atoms with Crippen LogP contribution in [-0.4, -0.2) is 35.0 Å². The zero-order valence-corrected chi connectivity index (χ0v) is 8.57. The molecule has 3 heterocycles. The Labute approximate surface area is 93.6 Å². The van der Waals surface area contributed by atoms with Crippen molar-refractivity contribution in [3.63, 3.8) is 0 Å². The zero-order chi connectivity index (χ0) is 11.1. The molecule has 80 valence electrons. The summed E-state index contributed by atoms with van der Waals surface area (Å²) in [4.78, 5) is 0. The van der Waals surface area contributed by atoms with Gasteiger partial charge < -0.3 is 5.73 Å². The fourth-order valence-corrected chi connectivity index (χ4v) is 1.38. The number of anilines is 1. The van der Waals surface area contributed by atoms with Crippen LogP contribution in [0.2, 0.25) is 5.02 Å². The maximum atomic E-state index is 5.79. The molecule has 3 rings (SSSR count). The molecule has 16 heavy (non-hydrogen) atoms. The maximum absolute atomic E-state index is 5.79. The molecule has 0 amide bonds. The van der Waals surface area contributed by atoms with Gasteiger partial charge >= 0.3 is 0 Å². The second-order valence-electron chi connectivity index (χ2n) is 3.02. The van der Waals surface area contributed by atoms with Gasteiger partial charge in [0.2, 0.25) is 0 Å². The Morgan fingerprint density at radius 3 is 2.88 bits per heavy atom. The lowest BCUT2D eigenvalue weighted by atomic mass is 10.5. The second-order valence-corrected chi connectivity index (χ2v) is 3.43. The Morgan fingerprint density at radius 1 is 1.25 bits per heavy atom. The molecular weight excluding hydrogens is 232 g/mol. The first-order valence-corrected chi connectivity index (χ1v) is 4.68. The molecule has 8 nitrogen and oxygen atoms in total. The maximum Gasteiger partial charge on any atom is 0.200 e. The van der Waals surface area contributed by atoms with Crippen LogP contribution < -0.4 is 5.73 Å². The van der Waals surface area contributed by atoms with E-state index in [0.29, 0.717) is 16.5 Å². The molecule has 0 aliphatic rings. The summed E-state index contributed by atoms with van der Waals surface area (Å²) >= 11 is 5.79. The standard InChI is InChI=1S/C7H5ClN8/c8-4-3-15(12-7(4)9)6-2-1-5-10-13-14-16(5)11-6/h1-3H,(H2,9,12). The highest BCUT2D eigenvalue weighted by molar-refractivity contribution is 6.32. The number of hydrogen-bond donors (Lipinski definition) is 1. The van der Waals surface area contributed by atoms with Gasteiger partial charge in [-0.2, -0.15) is 0 Å². The van der Waals surface area contributed by atoms with Gasteiger partial charge in [0, 0.05) is 0 Å². The lowest BCUT2D eigenvalue weighted by Gasteiger charge is -1.98. The molecule has 2 N–H and O–H groups in total. The molecule has 0 saturated heterocycles. The number of aromatic nitrogens is 7. The van der Waals surface area contributed by atoms with Crippen LogP contribution in [0.1, 0.15) is 0 Å². The Bertz CT molecular complexity index is 636. The van der Waals surface area contributed by atoms with E-state index in [9.17, 15) is 0 Å². The number of tetrazole rings is 1. The molecule has 0 unspecified atom stereocenters. The first kappa shape index (κ1) is 9.04. The molecule has 0 bridgehead atoms. The fourth-order valence-electron chi connectivity index (χ4n) is 1.25. The minimum absolute atomic E-state index is 0.250. The third-order valence-corrected chi connectivity index (χ3v) is 2.28. The van der Waals surface area contributed by atoms with E-state index in [4.69, 9.17) is 17.3 Å². The van der Waals surface area contributed by atoms with Crippen LogP contribution in [0, 0.1) is 0 Å². The number of halogens is 1. The number of hydrogen-bond acceptors (Lipinski definition) is 6. The first-order chi connectivity index (χ1) is 7.74. The van der Waals surface area contributed by atoms with Crippen molar-refractivity contribution < 1.29 is 0 Å². The molecule has 0 spiro atoms. The van der Waals surface area contributed by atoms with Crippen LogP contribution >= 0.6 is 11.6 Å². The number of nitrogen functional groups attached to an aromatic ring is 1. The molecule has 0 aliphatic heterocycles. The summed E-state index contributed by atoms with van der Waals surface area (Å²) in [5, 5.41) is 19.4. The van der Waals surface area contributed by atoms with Gasteiger partial charge in [-0.05, 0) is 22.6 Å². The summed E-state index contributed by atoms with van der Waals surface area (Å²) in [6.45, 7) is 0. The fraction of sp³-hybridized carbons (Fsp3) is 0. The number of nitrogens with two attached hydrogens (primary N) is 1. The van der Waals surface area contributed by atoms with E-state index in [0.717, 1.165) is 0 Å². The van der Waals surface area contributed by atoms with Crippen molar-refractivity contribution in [3.05, 3.63) is 23.4 Å². The Morgan fingerprint density at radius 2 is 2.12 bits per heavy atom. The van der Waals surface area contributed by atoms with Crippen molar-refractivity contribution >= 4 is 23.1 Å².